The van der Waals surface area contributed by atoms with Crippen molar-refractivity contribution in [3.63, 3.8) is 0 Å². The smallest absolute Gasteiger partial charge is 0.306 e. The van der Waals surface area contributed by atoms with E-state index in [4.69, 9.17) is 14.2 Å². The third-order valence-corrected chi connectivity index (χ3v) is 3.31. The van der Waals surface area contributed by atoms with E-state index in [1.54, 1.807) is 6.92 Å². The van der Waals surface area contributed by atoms with Crippen LogP contribution in [0.15, 0.2) is 0 Å². The Morgan fingerprint density at radius 1 is 1.44 bits per heavy atom. The van der Waals surface area contributed by atoms with Gasteiger partial charge < -0.3 is 24.4 Å². The number of hydrogen-bond acceptors (Lipinski definition) is 6. The molecule has 2 aliphatic heterocycles. The second-order valence-corrected chi connectivity index (χ2v) is 4.26. The topological polar surface area (TPSA) is 85.2 Å². The van der Waals surface area contributed by atoms with Crippen molar-refractivity contribution < 1.29 is 29.2 Å². The van der Waals surface area contributed by atoms with E-state index in [0.717, 1.165) is 0 Å². The maximum absolute atomic E-state index is 11.2. The van der Waals surface area contributed by atoms with Crippen molar-refractivity contribution in [1.29, 1.82) is 0 Å². The minimum Gasteiger partial charge on any atom is -0.453 e. The minimum absolute atomic E-state index is 0.192. The number of carbonyl (C=O) groups excluding carboxylic acids is 1. The van der Waals surface area contributed by atoms with Gasteiger partial charge in [-0.1, -0.05) is 0 Å². The molecule has 0 aromatic heterocycles. The monoisotopic (exact) mass is 232 g/mol. The third-order valence-electron chi connectivity index (χ3n) is 3.31. The van der Waals surface area contributed by atoms with Gasteiger partial charge >= 0.3 is 5.97 Å². The molecule has 5 atom stereocenters. The molecular formula is C10H16O6. The normalized spacial score (nSPS) is 48.4. The predicted molar refractivity (Wildman–Crippen MR) is 51.4 cm³/mol. The molecule has 6 heteroatoms. The molecule has 0 bridgehead atoms. The van der Waals surface area contributed by atoms with Gasteiger partial charge in [0.25, 0.3) is 0 Å². The highest BCUT2D eigenvalue weighted by Gasteiger charge is 2.60. The van der Waals surface area contributed by atoms with E-state index < -0.39 is 36.2 Å². The fraction of sp³-hybridized carbons (Fsp3) is 0.900. The SMILES string of the molecule is CO[C@@H]1OC(C)[C@@H](O)C2(CCC(=O)O2)C1O. The van der Waals surface area contributed by atoms with Crippen LogP contribution < -0.4 is 0 Å². The number of carbonyl (C=O) groups is 1. The molecule has 3 unspecified atom stereocenters. The van der Waals surface area contributed by atoms with Crippen LogP contribution in [0.4, 0.5) is 0 Å². The first-order chi connectivity index (χ1) is 7.51. The van der Waals surface area contributed by atoms with Crippen LogP contribution in [0.2, 0.25) is 0 Å². The lowest BCUT2D eigenvalue weighted by Crippen LogP contribution is -2.65. The van der Waals surface area contributed by atoms with Gasteiger partial charge in [0.15, 0.2) is 11.9 Å². The van der Waals surface area contributed by atoms with E-state index >= 15 is 0 Å². The summed E-state index contributed by atoms with van der Waals surface area (Å²) in [6.45, 7) is 1.65. The summed E-state index contributed by atoms with van der Waals surface area (Å²) in [7, 11) is 1.39. The highest BCUT2D eigenvalue weighted by Crippen LogP contribution is 2.40. The van der Waals surface area contributed by atoms with E-state index in [9.17, 15) is 15.0 Å². The van der Waals surface area contributed by atoms with Crippen LogP contribution in [-0.4, -0.2) is 53.5 Å². The van der Waals surface area contributed by atoms with Gasteiger partial charge in [0.1, 0.15) is 12.2 Å². The second-order valence-electron chi connectivity index (χ2n) is 4.26. The van der Waals surface area contributed by atoms with Gasteiger partial charge in [-0.25, -0.2) is 0 Å². The Hall–Kier alpha value is -0.690. The molecule has 0 aliphatic carbocycles. The standard InChI is InChI=1S/C10H16O6/c1-5-7(12)10(4-3-6(11)16-10)8(13)9(14-2)15-5/h5,7-9,12-13H,3-4H2,1-2H3/t5?,7-,8?,9-,10?/m1/s1. The fourth-order valence-corrected chi connectivity index (χ4v) is 2.38. The van der Waals surface area contributed by atoms with Gasteiger partial charge in [0.05, 0.1) is 6.10 Å². The molecule has 2 fully saturated rings. The zero-order valence-electron chi connectivity index (χ0n) is 9.25. The quantitative estimate of drug-likeness (QED) is 0.574. The third kappa shape index (κ3) is 1.53. The first-order valence-corrected chi connectivity index (χ1v) is 5.27. The summed E-state index contributed by atoms with van der Waals surface area (Å²) in [6.07, 6.45) is -3.18. The number of hydrogen-bond donors (Lipinski definition) is 2. The zero-order valence-corrected chi connectivity index (χ0v) is 9.25. The number of aliphatic hydroxyl groups is 2. The van der Waals surface area contributed by atoms with Gasteiger partial charge in [-0.15, -0.1) is 0 Å². The van der Waals surface area contributed by atoms with Crippen LogP contribution in [0, 0.1) is 0 Å². The molecular weight excluding hydrogens is 216 g/mol. The Balaban J connectivity index is 2.28. The van der Waals surface area contributed by atoms with E-state index in [1.165, 1.54) is 7.11 Å². The van der Waals surface area contributed by atoms with Crippen molar-refractivity contribution in [3.05, 3.63) is 0 Å². The number of rotatable bonds is 1. The molecule has 1 spiro atoms. The summed E-state index contributed by atoms with van der Waals surface area (Å²) in [5, 5.41) is 20.0. The van der Waals surface area contributed by atoms with E-state index in [1.807, 2.05) is 0 Å². The Kier molecular flexibility index (Phi) is 2.91. The molecule has 2 saturated heterocycles. The highest BCUT2D eigenvalue weighted by atomic mass is 16.7. The maximum atomic E-state index is 11.2. The first-order valence-electron chi connectivity index (χ1n) is 5.27. The Bertz CT molecular complexity index is 293. The van der Waals surface area contributed by atoms with Crippen LogP contribution in [0.1, 0.15) is 19.8 Å². The van der Waals surface area contributed by atoms with E-state index in [0.29, 0.717) is 0 Å². The van der Waals surface area contributed by atoms with Crippen molar-refractivity contribution in [3.8, 4) is 0 Å². The molecule has 6 nitrogen and oxygen atoms in total. The predicted octanol–water partition coefficient (Wildman–Crippen LogP) is -0.825. The van der Waals surface area contributed by atoms with Gasteiger partial charge in [0, 0.05) is 20.0 Å². The minimum atomic E-state index is -1.28. The van der Waals surface area contributed by atoms with Gasteiger partial charge in [-0.3, -0.25) is 4.79 Å². The maximum Gasteiger partial charge on any atom is 0.306 e. The van der Waals surface area contributed by atoms with Crippen LogP contribution in [0.5, 0.6) is 0 Å². The van der Waals surface area contributed by atoms with Crippen molar-refractivity contribution >= 4 is 5.97 Å². The van der Waals surface area contributed by atoms with Gasteiger partial charge in [0.2, 0.25) is 0 Å². The summed E-state index contributed by atoms with van der Waals surface area (Å²) < 4.78 is 15.4. The lowest BCUT2D eigenvalue weighted by Gasteiger charge is -2.46. The number of esters is 1. The Morgan fingerprint density at radius 3 is 2.62 bits per heavy atom. The number of methoxy groups -OCH3 is 1. The summed E-state index contributed by atoms with van der Waals surface area (Å²) in [6, 6.07) is 0. The Labute approximate surface area is 93.1 Å². The molecule has 92 valence electrons. The van der Waals surface area contributed by atoms with E-state index in [2.05, 4.69) is 0 Å². The first kappa shape index (κ1) is 11.8. The second kappa shape index (κ2) is 3.96. The van der Waals surface area contributed by atoms with Crippen molar-refractivity contribution in [2.75, 3.05) is 7.11 Å². The summed E-state index contributed by atoms with van der Waals surface area (Å²) in [5.74, 6) is -0.415. The molecule has 0 amide bonds. The van der Waals surface area contributed by atoms with Crippen LogP contribution in [-0.2, 0) is 19.0 Å². The Morgan fingerprint density at radius 2 is 2.12 bits per heavy atom. The molecule has 0 saturated carbocycles. The van der Waals surface area contributed by atoms with Crippen molar-refractivity contribution in [1.82, 2.24) is 0 Å². The lowest BCUT2D eigenvalue weighted by atomic mass is 9.82. The van der Waals surface area contributed by atoms with Crippen LogP contribution in [0.3, 0.4) is 0 Å². The lowest BCUT2D eigenvalue weighted by molar-refractivity contribution is -0.316. The number of aliphatic hydroxyl groups excluding tert-OH is 2. The zero-order chi connectivity index (χ0) is 11.9. The molecule has 2 rings (SSSR count). The fourth-order valence-electron chi connectivity index (χ4n) is 2.38. The largest absolute Gasteiger partial charge is 0.453 e. The number of ether oxygens (including phenoxy) is 3. The average Bonchev–Trinajstić information content (AvgIpc) is 2.65. The van der Waals surface area contributed by atoms with Crippen molar-refractivity contribution in [2.45, 2.75) is 50.0 Å². The molecule has 16 heavy (non-hydrogen) atoms. The molecule has 0 aromatic rings. The van der Waals surface area contributed by atoms with E-state index in [-0.39, 0.29) is 12.8 Å². The molecule has 2 heterocycles. The summed E-state index contributed by atoms with van der Waals surface area (Å²) >= 11 is 0. The van der Waals surface area contributed by atoms with Crippen molar-refractivity contribution in [2.24, 2.45) is 0 Å². The molecule has 2 N–H and O–H groups in total. The van der Waals surface area contributed by atoms with Gasteiger partial charge in [-0.2, -0.15) is 0 Å². The van der Waals surface area contributed by atoms with Crippen LogP contribution in [0.25, 0.3) is 0 Å². The molecule has 2 aliphatic rings. The van der Waals surface area contributed by atoms with Gasteiger partial charge in [-0.05, 0) is 6.92 Å². The summed E-state index contributed by atoms with van der Waals surface area (Å²) in [4.78, 5) is 11.2. The average molecular weight is 232 g/mol. The molecule has 0 aromatic carbocycles. The summed E-state index contributed by atoms with van der Waals surface area (Å²) in [5.41, 5.74) is -1.28. The molecule has 0 radical (unpaired) electrons. The highest BCUT2D eigenvalue weighted by molar-refractivity contribution is 5.72. The van der Waals surface area contributed by atoms with Crippen LogP contribution >= 0.6 is 0 Å².